The van der Waals surface area contributed by atoms with E-state index in [0.717, 1.165) is 48.6 Å². The van der Waals surface area contributed by atoms with Crippen LogP contribution in [0.25, 0.3) is 10.2 Å². The lowest BCUT2D eigenvalue weighted by atomic mass is 10.2. The van der Waals surface area contributed by atoms with Crippen LogP contribution >= 0.6 is 22.9 Å². The van der Waals surface area contributed by atoms with Crippen LogP contribution in [0, 0.1) is 6.92 Å². The normalized spacial score (nSPS) is 14.7. The molecule has 3 aromatic rings. The Hall–Kier alpha value is -2.19. The smallest absolute Gasteiger partial charge is 0.266 e. The zero-order chi connectivity index (χ0) is 20.9. The number of morpholine rings is 1. The second-order valence-corrected chi connectivity index (χ2v) is 8.61. The van der Waals surface area contributed by atoms with Gasteiger partial charge in [0.25, 0.3) is 5.91 Å². The molecule has 0 atom stereocenters. The molecule has 6 nitrogen and oxygen atoms in total. The minimum Gasteiger partial charge on any atom is -0.484 e. The second kappa shape index (κ2) is 9.75. The zero-order valence-electron chi connectivity index (χ0n) is 16.8. The van der Waals surface area contributed by atoms with Crippen molar-refractivity contribution in [2.45, 2.75) is 6.92 Å². The summed E-state index contributed by atoms with van der Waals surface area (Å²) >= 11 is 7.46. The Bertz CT molecular complexity index is 1000. The first-order chi connectivity index (χ1) is 14.6. The predicted octanol–water partition coefficient (Wildman–Crippen LogP) is 4.00. The van der Waals surface area contributed by atoms with Crippen LogP contribution in [0.1, 0.15) is 5.56 Å². The van der Waals surface area contributed by atoms with Crippen molar-refractivity contribution in [2.75, 3.05) is 50.9 Å². The second-order valence-electron chi connectivity index (χ2n) is 7.16. The highest BCUT2D eigenvalue weighted by Gasteiger charge is 2.22. The van der Waals surface area contributed by atoms with Crippen molar-refractivity contribution in [1.29, 1.82) is 0 Å². The van der Waals surface area contributed by atoms with E-state index in [9.17, 15) is 4.79 Å². The lowest BCUT2D eigenvalue weighted by molar-refractivity contribution is -0.120. The van der Waals surface area contributed by atoms with Crippen LogP contribution in [0.4, 0.5) is 5.13 Å². The molecule has 158 valence electrons. The van der Waals surface area contributed by atoms with Crippen LogP contribution < -0.4 is 9.64 Å². The summed E-state index contributed by atoms with van der Waals surface area (Å²) < 4.78 is 12.2. The minimum absolute atomic E-state index is 0.0559. The Balaban J connectivity index is 1.51. The van der Waals surface area contributed by atoms with Crippen LogP contribution in [0.3, 0.4) is 0 Å². The van der Waals surface area contributed by atoms with Crippen molar-refractivity contribution in [1.82, 2.24) is 9.88 Å². The molecule has 0 radical (unpaired) electrons. The summed E-state index contributed by atoms with van der Waals surface area (Å²) in [7, 11) is 0. The number of benzene rings is 2. The summed E-state index contributed by atoms with van der Waals surface area (Å²) in [5.41, 5.74) is 2.05. The number of rotatable bonds is 7. The molecule has 0 spiro atoms. The van der Waals surface area contributed by atoms with E-state index >= 15 is 0 Å². The van der Waals surface area contributed by atoms with Crippen LogP contribution in [0.15, 0.2) is 42.5 Å². The number of carbonyl (C=O) groups is 1. The predicted molar refractivity (Wildman–Crippen MR) is 121 cm³/mol. The van der Waals surface area contributed by atoms with Gasteiger partial charge in [-0.1, -0.05) is 35.1 Å². The number of ether oxygens (including phenoxy) is 2. The average Bonchev–Trinajstić information content (AvgIpc) is 3.19. The van der Waals surface area contributed by atoms with E-state index < -0.39 is 0 Å². The molecule has 1 aliphatic heterocycles. The highest BCUT2D eigenvalue weighted by atomic mass is 35.5. The van der Waals surface area contributed by atoms with E-state index in [1.54, 1.807) is 29.2 Å². The fraction of sp³-hybridized carbons (Fsp3) is 0.364. The Morgan fingerprint density at radius 1 is 1.23 bits per heavy atom. The first-order valence-corrected chi connectivity index (χ1v) is 11.1. The minimum atomic E-state index is -0.116. The third kappa shape index (κ3) is 5.10. The molecule has 1 aromatic heterocycles. The molecule has 1 amide bonds. The van der Waals surface area contributed by atoms with Crippen molar-refractivity contribution in [2.24, 2.45) is 0 Å². The molecule has 1 aliphatic rings. The van der Waals surface area contributed by atoms with Gasteiger partial charge in [-0.25, -0.2) is 4.98 Å². The van der Waals surface area contributed by atoms with Gasteiger partial charge in [0.15, 0.2) is 11.7 Å². The van der Waals surface area contributed by atoms with Gasteiger partial charge >= 0.3 is 0 Å². The van der Waals surface area contributed by atoms with Crippen molar-refractivity contribution in [3.63, 3.8) is 0 Å². The summed E-state index contributed by atoms with van der Waals surface area (Å²) in [4.78, 5) is 21.9. The van der Waals surface area contributed by atoms with Crippen molar-refractivity contribution in [3.05, 3.63) is 53.1 Å². The van der Waals surface area contributed by atoms with E-state index in [0.29, 0.717) is 22.4 Å². The molecule has 4 rings (SSSR count). The number of aryl methyl sites for hydroxylation is 1. The molecule has 0 saturated carbocycles. The van der Waals surface area contributed by atoms with Gasteiger partial charge in [-0.15, -0.1) is 0 Å². The first-order valence-electron chi connectivity index (χ1n) is 9.95. The summed E-state index contributed by atoms with van der Waals surface area (Å²) in [6.45, 7) is 6.52. The summed E-state index contributed by atoms with van der Waals surface area (Å²) in [6.07, 6.45) is 0. The topological polar surface area (TPSA) is 54.9 Å². The first kappa shape index (κ1) is 21.1. The lowest BCUT2D eigenvalue weighted by Gasteiger charge is -2.29. The number of carbonyl (C=O) groups excluding carboxylic acids is 1. The molecule has 30 heavy (non-hydrogen) atoms. The zero-order valence-corrected chi connectivity index (χ0v) is 18.4. The summed E-state index contributed by atoms with van der Waals surface area (Å²) in [5.74, 6) is 0.496. The molecular formula is C22H24ClN3O3S. The molecule has 1 fully saturated rings. The highest BCUT2D eigenvalue weighted by Crippen LogP contribution is 2.30. The number of halogens is 1. The fourth-order valence-corrected chi connectivity index (χ4v) is 4.55. The van der Waals surface area contributed by atoms with Crippen molar-refractivity contribution in [3.8, 4) is 5.75 Å². The maximum absolute atomic E-state index is 13.1. The van der Waals surface area contributed by atoms with Crippen LogP contribution in [0.2, 0.25) is 5.02 Å². The average molecular weight is 446 g/mol. The number of fused-ring (bicyclic) bond motifs is 1. The van der Waals surface area contributed by atoms with Crippen molar-refractivity contribution < 1.29 is 14.3 Å². The van der Waals surface area contributed by atoms with Gasteiger partial charge < -0.3 is 9.47 Å². The molecule has 2 aromatic carbocycles. The number of aromatic nitrogens is 1. The van der Waals surface area contributed by atoms with Gasteiger partial charge in [0.05, 0.1) is 23.4 Å². The molecular weight excluding hydrogens is 422 g/mol. The fourth-order valence-electron chi connectivity index (χ4n) is 3.34. The Morgan fingerprint density at radius 2 is 2.00 bits per heavy atom. The SMILES string of the molecule is Cc1cccc2sc(N(CCN3CCOCC3)C(=O)COc3ccc(Cl)cc3)nc12. The maximum atomic E-state index is 13.1. The Kier molecular flexibility index (Phi) is 6.84. The molecule has 1 saturated heterocycles. The standard InChI is InChI=1S/C22H24ClN3O3S/c1-16-3-2-4-19-21(16)24-22(30-19)26(10-9-25-11-13-28-14-12-25)20(27)15-29-18-7-5-17(23)6-8-18/h2-8H,9-15H2,1H3. The number of nitrogens with zero attached hydrogens (tertiary/aromatic N) is 3. The van der Waals surface area contributed by atoms with E-state index in [4.69, 9.17) is 26.1 Å². The summed E-state index contributed by atoms with van der Waals surface area (Å²) in [6, 6.07) is 13.1. The highest BCUT2D eigenvalue weighted by molar-refractivity contribution is 7.22. The van der Waals surface area contributed by atoms with Gasteiger partial charge in [-0.2, -0.15) is 0 Å². The number of thiazole rings is 1. The van der Waals surface area contributed by atoms with Crippen LogP contribution in [0.5, 0.6) is 5.75 Å². The molecule has 0 bridgehead atoms. The van der Waals surface area contributed by atoms with E-state index in [1.165, 1.54) is 11.3 Å². The molecule has 2 heterocycles. The van der Waals surface area contributed by atoms with E-state index in [2.05, 4.69) is 4.90 Å². The number of para-hydroxylation sites is 1. The van der Waals surface area contributed by atoms with Gasteiger partial charge in [0, 0.05) is 31.2 Å². The van der Waals surface area contributed by atoms with E-state index in [1.807, 2.05) is 25.1 Å². The summed E-state index contributed by atoms with van der Waals surface area (Å²) in [5, 5.41) is 1.34. The number of amides is 1. The van der Waals surface area contributed by atoms with Gasteiger partial charge in [0.1, 0.15) is 5.75 Å². The number of hydrogen-bond donors (Lipinski definition) is 0. The molecule has 0 N–H and O–H groups in total. The third-order valence-corrected chi connectivity index (χ3v) is 6.36. The Labute approximate surface area is 185 Å². The number of anilines is 1. The van der Waals surface area contributed by atoms with Gasteiger partial charge in [-0.05, 0) is 42.8 Å². The molecule has 8 heteroatoms. The monoisotopic (exact) mass is 445 g/mol. The number of hydrogen-bond acceptors (Lipinski definition) is 6. The maximum Gasteiger partial charge on any atom is 0.266 e. The third-order valence-electron chi connectivity index (χ3n) is 5.06. The van der Waals surface area contributed by atoms with Crippen molar-refractivity contribution >= 4 is 44.2 Å². The Morgan fingerprint density at radius 3 is 2.73 bits per heavy atom. The van der Waals surface area contributed by atoms with Gasteiger partial charge in [-0.3, -0.25) is 14.6 Å². The van der Waals surface area contributed by atoms with E-state index in [-0.39, 0.29) is 12.5 Å². The largest absolute Gasteiger partial charge is 0.484 e. The van der Waals surface area contributed by atoms with Crippen LogP contribution in [-0.2, 0) is 9.53 Å². The lowest BCUT2D eigenvalue weighted by Crippen LogP contribution is -2.44. The van der Waals surface area contributed by atoms with Gasteiger partial charge in [0.2, 0.25) is 0 Å². The quantitative estimate of drug-likeness (QED) is 0.550. The van der Waals surface area contributed by atoms with Crippen LogP contribution in [-0.4, -0.2) is 61.8 Å². The molecule has 0 aliphatic carbocycles. The molecule has 0 unspecified atom stereocenters.